The molecule has 110 valence electrons. The highest BCUT2D eigenvalue weighted by atomic mass is 16.2. The van der Waals surface area contributed by atoms with E-state index in [-0.39, 0.29) is 17.9 Å². The summed E-state index contributed by atoms with van der Waals surface area (Å²) in [6, 6.07) is 7.29. The molecule has 0 fully saturated rings. The van der Waals surface area contributed by atoms with E-state index in [1.165, 1.54) is 0 Å². The van der Waals surface area contributed by atoms with Crippen molar-refractivity contribution in [3.63, 3.8) is 0 Å². The van der Waals surface area contributed by atoms with Crippen LogP contribution >= 0.6 is 0 Å². The predicted molar refractivity (Wildman–Crippen MR) is 77.7 cm³/mol. The Morgan fingerprint density at radius 1 is 1.35 bits per heavy atom. The van der Waals surface area contributed by atoms with E-state index in [0.717, 1.165) is 5.56 Å². The molecule has 0 aliphatic carbocycles. The van der Waals surface area contributed by atoms with Gasteiger partial charge >= 0.3 is 0 Å². The minimum atomic E-state index is -0.327. The van der Waals surface area contributed by atoms with E-state index >= 15 is 0 Å². The van der Waals surface area contributed by atoms with Gasteiger partial charge in [0.15, 0.2) is 0 Å². The lowest BCUT2D eigenvalue weighted by Gasteiger charge is -2.17. The molecule has 20 heavy (non-hydrogen) atoms. The third-order valence-corrected chi connectivity index (χ3v) is 2.64. The number of carbonyl (C=O) groups is 2. The lowest BCUT2D eigenvalue weighted by atomic mass is 10.1. The van der Waals surface area contributed by atoms with Gasteiger partial charge in [0, 0.05) is 18.2 Å². The van der Waals surface area contributed by atoms with Gasteiger partial charge in [0.1, 0.15) is 0 Å². The van der Waals surface area contributed by atoms with Gasteiger partial charge in [0.25, 0.3) is 5.91 Å². The second-order valence-electron chi connectivity index (χ2n) is 5.07. The van der Waals surface area contributed by atoms with E-state index in [2.05, 4.69) is 10.7 Å². The maximum absolute atomic E-state index is 11.6. The molecule has 0 aromatic heterocycles. The Bertz CT molecular complexity index is 474. The van der Waals surface area contributed by atoms with Crippen LogP contribution in [0.4, 0.5) is 0 Å². The number of hydrogen-bond acceptors (Lipinski definition) is 4. The van der Waals surface area contributed by atoms with Crippen LogP contribution in [0.2, 0.25) is 0 Å². The minimum absolute atomic E-state index is 0.0154. The van der Waals surface area contributed by atoms with Gasteiger partial charge in [0.05, 0.1) is 6.54 Å². The molecule has 1 aromatic carbocycles. The second-order valence-corrected chi connectivity index (χ2v) is 5.07. The molecule has 0 heterocycles. The molecule has 6 nitrogen and oxygen atoms in total. The number of nitrogens with one attached hydrogen (secondary N) is 2. The number of rotatable bonds is 6. The first kappa shape index (κ1) is 16.1. The summed E-state index contributed by atoms with van der Waals surface area (Å²) in [5, 5.41) is 2.84. The number of hydrogen-bond donors (Lipinski definition) is 3. The first-order valence-electron chi connectivity index (χ1n) is 6.50. The fourth-order valence-corrected chi connectivity index (χ4v) is 1.87. The zero-order chi connectivity index (χ0) is 15.1. The first-order valence-corrected chi connectivity index (χ1v) is 6.50. The summed E-state index contributed by atoms with van der Waals surface area (Å²) in [6.45, 7) is 4.74. The molecule has 0 atom stereocenters. The van der Waals surface area contributed by atoms with Crippen molar-refractivity contribution in [1.82, 2.24) is 15.6 Å². The molecular weight excluding hydrogens is 256 g/mol. The number of nitrogens with zero attached hydrogens (tertiary/aromatic N) is 1. The van der Waals surface area contributed by atoms with Crippen LogP contribution in [0.5, 0.6) is 0 Å². The van der Waals surface area contributed by atoms with Crippen molar-refractivity contribution < 1.29 is 9.59 Å². The van der Waals surface area contributed by atoms with Crippen LogP contribution in [0, 0.1) is 0 Å². The van der Waals surface area contributed by atoms with Gasteiger partial charge < -0.3 is 5.32 Å². The van der Waals surface area contributed by atoms with E-state index in [9.17, 15) is 9.59 Å². The molecule has 0 saturated heterocycles. The molecule has 0 aliphatic rings. The Balaban J connectivity index is 2.59. The van der Waals surface area contributed by atoms with E-state index in [1.807, 2.05) is 31.9 Å². The van der Waals surface area contributed by atoms with Crippen molar-refractivity contribution >= 4 is 11.8 Å². The van der Waals surface area contributed by atoms with Crippen LogP contribution < -0.4 is 16.6 Å². The third kappa shape index (κ3) is 5.38. The summed E-state index contributed by atoms with van der Waals surface area (Å²) in [6.07, 6.45) is 0. The molecule has 0 aliphatic heterocycles. The first-order chi connectivity index (χ1) is 9.42. The lowest BCUT2D eigenvalue weighted by molar-refractivity contribution is -0.122. The predicted octanol–water partition coefficient (Wildman–Crippen LogP) is 0.247. The highest BCUT2D eigenvalue weighted by Crippen LogP contribution is 2.07. The summed E-state index contributed by atoms with van der Waals surface area (Å²) < 4.78 is 0. The highest BCUT2D eigenvalue weighted by molar-refractivity contribution is 5.93. The Kier molecular flexibility index (Phi) is 6.14. The summed E-state index contributed by atoms with van der Waals surface area (Å²) in [7, 11) is 1.86. The van der Waals surface area contributed by atoms with Gasteiger partial charge in [-0.05, 0) is 38.6 Å². The van der Waals surface area contributed by atoms with Crippen molar-refractivity contribution in [2.24, 2.45) is 5.84 Å². The standard InChI is InChI=1S/C14H22N4O2/c1-10(2)16-13(19)9-18(3)8-11-5-4-6-12(7-11)14(20)17-15/h4-7,10H,8-9,15H2,1-3H3,(H,16,19)(H,17,20). The van der Waals surface area contributed by atoms with Gasteiger partial charge in [-0.15, -0.1) is 0 Å². The minimum Gasteiger partial charge on any atom is -0.353 e. The number of hydrazine groups is 1. The Morgan fingerprint density at radius 2 is 2.05 bits per heavy atom. The zero-order valence-corrected chi connectivity index (χ0v) is 12.1. The van der Waals surface area contributed by atoms with Gasteiger partial charge in [-0.1, -0.05) is 12.1 Å². The molecule has 0 unspecified atom stereocenters. The Labute approximate surface area is 119 Å². The summed E-state index contributed by atoms with van der Waals surface area (Å²) in [4.78, 5) is 25.0. The van der Waals surface area contributed by atoms with Gasteiger partial charge in [-0.3, -0.25) is 19.9 Å². The largest absolute Gasteiger partial charge is 0.353 e. The van der Waals surface area contributed by atoms with E-state index in [0.29, 0.717) is 18.7 Å². The SMILES string of the molecule is CC(C)NC(=O)CN(C)Cc1cccc(C(=O)NN)c1. The van der Waals surface area contributed by atoms with Gasteiger partial charge in [-0.25, -0.2) is 5.84 Å². The topological polar surface area (TPSA) is 87.5 Å². The molecule has 1 aromatic rings. The highest BCUT2D eigenvalue weighted by Gasteiger charge is 2.09. The Morgan fingerprint density at radius 3 is 2.65 bits per heavy atom. The molecule has 4 N–H and O–H groups in total. The van der Waals surface area contributed by atoms with Crippen LogP contribution in [0.15, 0.2) is 24.3 Å². The summed E-state index contributed by atoms with van der Waals surface area (Å²) in [5.41, 5.74) is 3.55. The van der Waals surface area contributed by atoms with Crippen LogP contribution in [-0.2, 0) is 11.3 Å². The van der Waals surface area contributed by atoms with Crippen LogP contribution in [0.3, 0.4) is 0 Å². The van der Waals surface area contributed by atoms with Crippen molar-refractivity contribution in [2.45, 2.75) is 26.4 Å². The molecule has 0 saturated carbocycles. The van der Waals surface area contributed by atoms with E-state index < -0.39 is 0 Å². The van der Waals surface area contributed by atoms with Crippen LogP contribution in [-0.4, -0.2) is 36.3 Å². The quantitative estimate of drug-likeness (QED) is 0.395. The zero-order valence-electron chi connectivity index (χ0n) is 12.1. The molecule has 0 radical (unpaired) electrons. The second kappa shape index (κ2) is 7.62. The van der Waals surface area contributed by atoms with Crippen molar-refractivity contribution in [3.05, 3.63) is 35.4 Å². The molecule has 1 rings (SSSR count). The molecule has 2 amide bonds. The van der Waals surface area contributed by atoms with Gasteiger partial charge in [-0.2, -0.15) is 0 Å². The molecular formula is C14H22N4O2. The van der Waals surface area contributed by atoms with Crippen molar-refractivity contribution in [2.75, 3.05) is 13.6 Å². The molecule has 0 bridgehead atoms. The maximum atomic E-state index is 11.6. The van der Waals surface area contributed by atoms with E-state index in [1.54, 1.807) is 18.2 Å². The summed E-state index contributed by atoms with van der Waals surface area (Å²) >= 11 is 0. The average Bonchev–Trinajstić information content (AvgIpc) is 2.36. The lowest BCUT2D eigenvalue weighted by Crippen LogP contribution is -2.38. The molecule has 0 spiro atoms. The summed E-state index contributed by atoms with van der Waals surface area (Å²) in [5.74, 6) is 4.76. The smallest absolute Gasteiger partial charge is 0.265 e. The maximum Gasteiger partial charge on any atom is 0.265 e. The normalized spacial score (nSPS) is 10.7. The molecule has 6 heteroatoms. The number of carbonyl (C=O) groups excluding carboxylic acids is 2. The number of nitrogen functional groups attached to an aromatic ring is 1. The number of likely N-dealkylation sites (N-methyl/N-ethyl adjacent to an activating group) is 1. The number of nitrogens with two attached hydrogens (primary N) is 1. The number of amides is 2. The monoisotopic (exact) mass is 278 g/mol. The van der Waals surface area contributed by atoms with E-state index in [4.69, 9.17) is 5.84 Å². The number of benzene rings is 1. The van der Waals surface area contributed by atoms with Gasteiger partial charge in [0.2, 0.25) is 5.91 Å². The van der Waals surface area contributed by atoms with Crippen LogP contribution in [0.25, 0.3) is 0 Å². The van der Waals surface area contributed by atoms with Crippen LogP contribution in [0.1, 0.15) is 29.8 Å². The third-order valence-electron chi connectivity index (χ3n) is 2.64. The fourth-order valence-electron chi connectivity index (χ4n) is 1.87. The Hall–Kier alpha value is -1.92. The fraction of sp³-hybridized carbons (Fsp3) is 0.429. The average molecular weight is 278 g/mol. The van der Waals surface area contributed by atoms with Crippen molar-refractivity contribution in [1.29, 1.82) is 0 Å². The van der Waals surface area contributed by atoms with Crippen molar-refractivity contribution in [3.8, 4) is 0 Å².